The summed E-state index contributed by atoms with van der Waals surface area (Å²) in [6.45, 7) is 11.6. The highest BCUT2D eigenvalue weighted by molar-refractivity contribution is 8.15. The number of amides is 2. The van der Waals surface area contributed by atoms with Crippen molar-refractivity contribution in [1.29, 1.82) is 0 Å². The van der Waals surface area contributed by atoms with E-state index in [-0.39, 0.29) is 44.3 Å². The van der Waals surface area contributed by atoms with Crippen molar-refractivity contribution in [2.24, 2.45) is 5.92 Å². The zero-order chi connectivity index (χ0) is 20.1. The molecule has 2 heterocycles. The summed E-state index contributed by atoms with van der Waals surface area (Å²) in [7, 11) is 0. The van der Waals surface area contributed by atoms with Gasteiger partial charge >= 0.3 is 0 Å². The molecule has 0 saturated carbocycles. The number of carbonyl (C=O) groups excluding carboxylic acids is 4. The van der Waals surface area contributed by atoms with E-state index >= 15 is 0 Å². The van der Waals surface area contributed by atoms with Gasteiger partial charge in [-0.2, -0.15) is 0 Å². The van der Waals surface area contributed by atoms with Gasteiger partial charge in [0.05, 0.1) is 11.2 Å². The second-order valence-corrected chi connectivity index (χ2v) is 10.9. The summed E-state index contributed by atoms with van der Waals surface area (Å²) >= 11 is 2.42. The summed E-state index contributed by atoms with van der Waals surface area (Å²) in [6.07, 6.45) is 1.62. The highest BCUT2D eigenvalue weighted by atomic mass is 32.2. The van der Waals surface area contributed by atoms with Crippen LogP contribution in [0, 0.1) is 5.92 Å². The lowest BCUT2D eigenvalue weighted by atomic mass is 10.0. The monoisotopic (exact) mass is 402 g/mol. The number of rotatable bonds is 2. The van der Waals surface area contributed by atoms with Gasteiger partial charge in [-0.15, -0.1) is 0 Å². The van der Waals surface area contributed by atoms with Gasteiger partial charge < -0.3 is 10.6 Å². The maximum atomic E-state index is 11.5. The van der Waals surface area contributed by atoms with Crippen LogP contribution in [0.1, 0.15) is 60.8 Å². The topological polar surface area (TPSA) is 92.3 Å². The van der Waals surface area contributed by atoms with Gasteiger partial charge in [0.25, 0.3) is 0 Å². The third-order valence-corrected chi connectivity index (χ3v) is 5.66. The van der Waals surface area contributed by atoms with Crippen LogP contribution >= 0.6 is 23.5 Å². The molecule has 2 N–H and O–H groups in total. The van der Waals surface area contributed by atoms with Crippen LogP contribution in [-0.2, 0) is 19.2 Å². The first-order valence-electron chi connectivity index (χ1n) is 8.76. The molecule has 8 heteroatoms. The van der Waals surface area contributed by atoms with Crippen LogP contribution < -0.4 is 10.6 Å². The average molecular weight is 403 g/mol. The molecule has 0 spiro atoms. The Hall–Kier alpha value is -1.02. The molecule has 2 rings (SSSR count). The smallest absolute Gasteiger partial charge is 0.234 e. The molecular formula is C18H30N2O4S2. The fourth-order valence-corrected chi connectivity index (χ4v) is 4.24. The van der Waals surface area contributed by atoms with Gasteiger partial charge in [0, 0.05) is 29.7 Å². The quantitative estimate of drug-likeness (QED) is 0.737. The van der Waals surface area contributed by atoms with Crippen molar-refractivity contribution in [3.63, 3.8) is 0 Å². The molecule has 2 aliphatic heterocycles. The summed E-state index contributed by atoms with van der Waals surface area (Å²) in [5, 5.41) is 5.85. The van der Waals surface area contributed by atoms with E-state index in [0.29, 0.717) is 25.0 Å². The van der Waals surface area contributed by atoms with E-state index in [4.69, 9.17) is 0 Å². The molecule has 2 unspecified atom stereocenters. The van der Waals surface area contributed by atoms with Gasteiger partial charge in [0.15, 0.2) is 10.2 Å². The van der Waals surface area contributed by atoms with Crippen LogP contribution in [0.4, 0.5) is 0 Å². The van der Waals surface area contributed by atoms with Crippen molar-refractivity contribution < 1.29 is 19.2 Å². The number of nitrogens with one attached hydrogen (secondary N) is 2. The molecule has 0 aromatic carbocycles. The maximum absolute atomic E-state index is 11.5. The minimum absolute atomic E-state index is 0.00542. The van der Waals surface area contributed by atoms with Crippen molar-refractivity contribution in [3.05, 3.63) is 0 Å². The summed E-state index contributed by atoms with van der Waals surface area (Å²) in [5.74, 6) is 0.520. The van der Waals surface area contributed by atoms with E-state index in [1.165, 1.54) is 11.8 Å². The Morgan fingerprint density at radius 1 is 0.923 bits per heavy atom. The third kappa shape index (κ3) is 9.07. The molecule has 0 aliphatic carbocycles. The standard InChI is InChI=1S/2C9H15NO2S/c1-9(2,3)10-8(12)6-4-7(11)13-5-6;1-9(2,3)10-8(12)6-4-5-7(11)13-6/h2*6H,4-5H2,1-3H3,(H,10,12). The first-order valence-corrected chi connectivity index (χ1v) is 10.6. The summed E-state index contributed by atoms with van der Waals surface area (Å²) in [5.41, 5.74) is -0.406. The number of thioether (sulfide) groups is 2. The first-order chi connectivity index (χ1) is 11.8. The molecule has 26 heavy (non-hydrogen) atoms. The predicted octanol–water partition coefficient (Wildman–Crippen LogP) is 2.50. The molecule has 0 bridgehead atoms. The minimum atomic E-state index is -0.205. The largest absolute Gasteiger partial charge is 0.351 e. The van der Waals surface area contributed by atoms with Crippen LogP contribution in [0.2, 0.25) is 0 Å². The van der Waals surface area contributed by atoms with Crippen LogP contribution in [-0.4, -0.2) is 44.1 Å². The number of hydrogen-bond donors (Lipinski definition) is 2. The fourth-order valence-electron chi connectivity index (χ4n) is 2.31. The zero-order valence-electron chi connectivity index (χ0n) is 16.4. The van der Waals surface area contributed by atoms with E-state index in [0.717, 1.165) is 11.8 Å². The van der Waals surface area contributed by atoms with Crippen LogP contribution in [0.15, 0.2) is 0 Å². The predicted molar refractivity (Wildman–Crippen MR) is 107 cm³/mol. The van der Waals surface area contributed by atoms with Gasteiger partial charge in [-0.3, -0.25) is 19.2 Å². The molecule has 0 aromatic rings. The summed E-state index contributed by atoms with van der Waals surface area (Å²) in [6, 6.07) is 0. The molecule has 148 valence electrons. The van der Waals surface area contributed by atoms with Gasteiger partial charge in [-0.1, -0.05) is 23.5 Å². The fraction of sp³-hybridized carbons (Fsp3) is 0.778. The van der Waals surface area contributed by atoms with Crippen LogP contribution in [0.5, 0.6) is 0 Å². The van der Waals surface area contributed by atoms with Gasteiger partial charge in [-0.25, -0.2) is 0 Å². The van der Waals surface area contributed by atoms with E-state index in [2.05, 4.69) is 10.6 Å². The highest BCUT2D eigenvalue weighted by Crippen LogP contribution is 2.28. The van der Waals surface area contributed by atoms with Crippen LogP contribution in [0.25, 0.3) is 0 Å². The Morgan fingerprint density at radius 2 is 1.46 bits per heavy atom. The molecule has 0 aromatic heterocycles. The van der Waals surface area contributed by atoms with Gasteiger partial charge in [0.1, 0.15) is 0 Å². The highest BCUT2D eigenvalue weighted by Gasteiger charge is 2.31. The first kappa shape index (κ1) is 23.0. The Kier molecular flexibility index (Phi) is 8.20. The van der Waals surface area contributed by atoms with Crippen molar-refractivity contribution >= 4 is 45.6 Å². The summed E-state index contributed by atoms with van der Waals surface area (Å²) < 4.78 is 0. The molecule has 2 saturated heterocycles. The lowest BCUT2D eigenvalue weighted by Crippen LogP contribution is -2.44. The molecule has 2 atom stereocenters. The minimum Gasteiger partial charge on any atom is -0.351 e. The third-order valence-electron chi connectivity index (χ3n) is 3.40. The van der Waals surface area contributed by atoms with Crippen molar-refractivity contribution in [2.45, 2.75) is 77.1 Å². The number of carbonyl (C=O) groups is 4. The van der Waals surface area contributed by atoms with E-state index < -0.39 is 0 Å². The van der Waals surface area contributed by atoms with Crippen molar-refractivity contribution in [2.75, 3.05) is 5.75 Å². The molecular weight excluding hydrogens is 372 g/mol. The Balaban J connectivity index is 0.000000260. The normalized spacial score (nSPS) is 23.3. The molecule has 6 nitrogen and oxygen atoms in total. The summed E-state index contributed by atoms with van der Waals surface area (Å²) in [4.78, 5) is 44.9. The Bertz CT molecular complexity index is 515. The Labute approximate surface area is 164 Å². The van der Waals surface area contributed by atoms with E-state index in [1.54, 1.807) is 0 Å². The lowest BCUT2D eigenvalue weighted by Gasteiger charge is -2.22. The molecule has 2 amide bonds. The maximum Gasteiger partial charge on any atom is 0.234 e. The Morgan fingerprint density at radius 3 is 1.85 bits per heavy atom. The second-order valence-electron chi connectivity index (χ2n) is 8.58. The second kappa shape index (κ2) is 9.26. The molecule has 0 radical (unpaired) electrons. The van der Waals surface area contributed by atoms with Crippen LogP contribution in [0.3, 0.4) is 0 Å². The SMILES string of the molecule is CC(C)(C)NC(=O)C1CCC(=O)S1.CC(C)(C)NC(=O)C1CSC(=O)C1. The lowest BCUT2D eigenvalue weighted by molar-refractivity contribution is -0.127. The average Bonchev–Trinajstić information content (AvgIpc) is 3.04. The molecule has 2 fully saturated rings. The molecule has 2 aliphatic rings. The van der Waals surface area contributed by atoms with Gasteiger partial charge in [0.2, 0.25) is 11.8 Å². The van der Waals surface area contributed by atoms with Crippen molar-refractivity contribution in [3.8, 4) is 0 Å². The van der Waals surface area contributed by atoms with Gasteiger partial charge in [-0.05, 0) is 48.0 Å². The van der Waals surface area contributed by atoms with Crippen molar-refractivity contribution in [1.82, 2.24) is 10.6 Å². The zero-order valence-corrected chi connectivity index (χ0v) is 18.1. The van der Waals surface area contributed by atoms with E-state index in [9.17, 15) is 19.2 Å². The van der Waals surface area contributed by atoms with E-state index in [1.807, 2.05) is 41.5 Å². The number of hydrogen-bond acceptors (Lipinski definition) is 6.